The molecule has 2 atom stereocenters. The summed E-state index contributed by atoms with van der Waals surface area (Å²) in [4.78, 5) is 39.2. The number of carbonyl (C=O) groups excluding carboxylic acids is 2. The van der Waals surface area contributed by atoms with Crippen LogP contribution in [0.2, 0.25) is 0 Å². The van der Waals surface area contributed by atoms with Gasteiger partial charge < -0.3 is 36.0 Å². The molecule has 0 bridgehead atoms. The van der Waals surface area contributed by atoms with Crippen molar-refractivity contribution in [1.82, 2.24) is 25.5 Å². The molecule has 45 heavy (non-hydrogen) atoms. The number of likely N-dealkylation sites (tertiary alicyclic amines) is 1. The minimum atomic E-state index is -4.71. The Bertz CT molecular complexity index is 1330. The van der Waals surface area contributed by atoms with Crippen LogP contribution < -0.4 is 26.0 Å². The average molecular weight is 635 g/mol. The van der Waals surface area contributed by atoms with E-state index in [9.17, 15) is 22.8 Å². The van der Waals surface area contributed by atoms with Gasteiger partial charge in [0.1, 0.15) is 17.1 Å². The number of hydrogen-bond acceptors (Lipinski definition) is 10. The number of benzene rings is 1. The SMILES string of the molecule is COc1cc(C(=O)NC2CCN(C)CC2)ccc1Nc1ncc(C(F)(F)F)c(N[C@@H]2CCCCC2C=NC(=O)CNCCO)n1. The van der Waals surface area contributed by atoms with Gasteiger partial charge in [-0.2, -0.15) is 18.2 Å². The zero-order chi connectivity index (χ0) is 32.4. The van der Waals surface area contributed by atoms with E-state index in [1.54, 1.807) is 18.2 Å². The summed E-state index contributed by atoms with van der Waals surface area (Å²) in [6, 6.07) is 4.39. The molecule has 0 spiro atoms. The number of aliphatic hydroxyl groups excluding tert-OH is 1. The molecular formula is C30H41F3N8O4. The highest BCUT2D eigenvalue weighted by molar-refractivity contribution is 5.95. The fourth-order valence-corrected chi connectivity index (χ4v) is 5.43. The Labute approximate surface area is 260 Å². The molecule has 246 valence electrons. The lowest BCUT2D eigenvalue weighted by atomic mass is 9.85. The maximum absolute atomic E-state index is 14.0. The quantitative estimate of drug-likeness (QED) is 0.174. The van der Waals surface area contributed by atoms with Crippen LogP contribution in [0.3, 0.4) is 0 Å². The number of aliphatic hydroxyl groups is 1. The van der Waals surface area contributed by atoms with Gasteiger partial charge in [-0.1, -0.05) is 12.8 Å². The summed E-state index contributed by atoms with van der Waals surface area (Å²) in [6.45, 7) is 1.90. The smallest absolute Gasteiger partial charge is 0.421 e. The normalized spacial score (nSPS) is 19.8. The van der Waals surface area contributed by atoms with Gasteiger partial charge in [-0.25, -0.2) is 9.98 Å². The number of methoxy groups -OCH3 is 1. The van der Waals surface area contributed by atoms with Gasteiger partial charge in [0.25, 0.3) is 11.8 Å². The van der Waals surface area contributed by atoms with Crippen molar-refractivity contribution < 1.29 is 32.6 Å². The molecule has 2 amide bonds. The van der Waals surface area contributed by atoms with E-state index in [1.807, 2.05) is 7.05 Å². The Balaban J connectivity index is 1.50. The molecule has 5 N–H and O–H groups in total. The Morgan fingerprint density at radius 3 is 2.64 bits per heavy atom. The molecular weight excluding hydrogens is 593 g/mol. The molecule has 1 saturated heterocycles. The summed E-state index contributed by atoms with van der Waals surface area (Å²) in [7, 11) is 3.47. The van der Waals surface area contributed by atoms with E-state index in [0.717, 1.165) is 45.0 Å². The number of anilines is 3. The summed E-state index contributed by atoms with van der Waals surface area (Å²) in [5.41, 5.74) is -0.263. The zero-order valence-electron chi connectivity index (χ0n) is 25.5. The van der Waals surface area contributed by atoms with Crippen molar-refractivity contribution in [1.29, 1.82) is 0 Å². The monoisotopic (exact) mass is 634 g/mol. The predicted octanol–water partition coefficient (Wildman–Crippen LogP) is 3.22. The molecule has 4 rings (SSSR count). The van der Waals surface area contributed by atoms with Crippen molar-refractivity contribution in [3.05, 3.63) is 35.5 Å². The number of piperidine rings is 1. The highest BCUT2D eigenvalue weighted by Gasteiger charge is 2.37. The van der Waals surface area contributed by atoms with E-state index in [4.69, 9.17) is 9.84 Å². The summed E-state index contributed by atoms with van der Waals surface area (Å²) >= 11 is 0. The third-order valence-corrected chi connectivity index (χ3v) is 7.97. The molecule has 2 aliphatic rings. The molecule has 1 saturated carbocycles. The first kappa shape index (κ1) is 34.1. The standard InChI is InChI=1S/C30H41F3N8O4/c1-41-12-9-21(10-13-41)37-28(44)19-7-8-24(25(15-19)45-2)39-29-36-17-22(30(31,32)33)27(40-29)38-23-6-4-3-5-20(23)16-35-26(43)18-34-11-14-42/h7-8,15-17,20-21,23,34,42H,3-6,9-14,18H2,1-2H3,(H,37,44)(H2,36,38,39,40)/t20?,23-/m1/s1. The number of hydrogen-bond donors (Lipinski definition) is 5. The Morgan fingerprint density at radius 2 is 1.93 bits per heavy atom. The lowest BCUT2D eigenvalue weighted by Gasteiger charge is -2.31. The number of alkyl halides is 3. The largest absolute Gasteiger partial charge is 0.495 e. The molecule has 1 aromatic heterocycles. The van der Waals surface area contributed by atoms with Gasteiger partial charge in [-0.05, 0) is 64.0 Å². The number of halogens is 3. The van der Waals surface area contributed by atoms with Gasteiger partial charge in [0.15, 0.2) is 0 Å². The van der Waals surface area contributed by atoms with Crippen LogP contribution >= 0.6 is 0 Å². The number of nitrogens with zero attached hydrogens (tertiary/aromatic N) is 4. The van der Waals surface area contributed by atoms with E-state index in [1.165, 1.54) is 13.3 Å². The van der Waals surface area contributed by atoms with Gasteiger partial charge in [-0.15, -0.1) is 0 Å². The fraction of sp³-hybridized carbons (Fsp3) is 0.567. The van der Waals surface area contributed by atoms with E-state index in [0.29, 0.717) is 29.8 Å². The molecule has 1 aliphatic carbocycles. The van der Waals surface area contributed by atoms with Crippen LogP contribution in [-0.4, -0.2) is 97.0 Å². The molecule has 1 aliphatic heterocycles. The number of carbonyl (C=O) groups is 2. The van der Waals surface area contributed by atoms with Crippen LogP contribution in [0, 0.1) is 5.92 Å². The highest BCUT2D eigenvalue weighted by atomic mass is 19.4. The third-order valence-electron chi connectivity index (χ3n) is 7.97. The van der Waals surface area contributed by atoms with Crippen LogP contribution in [0.1, 0.15) is 54.4 Å². The molecule has 1 unspecified atom stereocenters. The Kier molecular flexibility index (Phi) is 12.1. The third kappa shape index (κ3) is 9.83. The highest BCUT2D eigenvalue weighted by Crippen LogP contribution is 2.37. The van der Waals surface area contributed by atoms with Crippen LogP contribution in [0.5, 0.6) is 5.75 Å². The number of aliphatic imine (C=N–C) groups is 1. The van der Waals surface area contributed by atoms with E-state index in [-0.39, 0.29) is 43.5 Å². The lowest BCUT2D eigenvalue weighted by molar-refractivity contribution is -0.137. The second-order valence-electron chi connectivity index (χ2n) is 11.3. The van der Waals surface area contributed by atoms with Gasteiger partial charge >= 0.3 is 6.18 Å². The first-order valence-electron chi connectivity index (χ1n) is 15.1. The van der Waals surface area contributed by atoms with Gasteiger partial charge in [-0.3, -0.25) is 9.59 Å². The molecule has 1 aromatic carbocycles. The predicted molar refractivity (Wildman–Crippen MR) is 164 cm³/mol. The van der Waals surface area contributed by atoms with Crippen LogP contribution in [0.4, 0.5) is 30.6 Å². The summed E-state index contributed by atoms with van der Waals surface area (Å²) in [6.07, 6.45) is 2.05. The van der Waals surface area contributed by atoms with Crippen molar-refractivity contribution in [3.8, 4) is 5.75 Å². The van der Waals surface area contributed by atoms with Crippen LogP contribution in [0.15, 0.2) is 29.4 Å². The number of ether oxygens (including phenoxy) is 1. The first-order chi connectivity index (χ1) is 21.6. The summed E-state index contributed by atoms with van der Waals surface area (Å²) < 4.78 is 47.4. The van der Waals surface area contributed by atoms with E-state index in [2.05, 4.69) is 41.1 Å². The van der Waals surface area contributed by atoms with Crippen molar-refractivity contribution in [2.45, 2.75) is 56.8 Å². The van der Waals surface area contributed by atoms with E-state index >= 15 is 0 Å². The van der Waals surface area contributed by atoms with Crippen molar-refractivity contribution in [2.24, 2.45) is 10.9 Å². The molecule has 12 nitrogen and oxygen atoms in total. The summed E-state index contributed by atoms with van der Waals surface area (Å²) in [5, 5.41) is 20.5. The Morgan fingerprint density at radius 1 is 1.18 bits per heavy atom. The van der Waals surface area contributed by atoms with E-state index < -0.39 is 29.5 Å². The molecule has 2 fully saturated rings. The molecule has 2 heterocycles. The minimum Gasteiger partial charge on any atom is -0.495 e. The second kappa shape index (κ2) is 16.0. The number of amides is 2. The molecule has 0 radical (unpaired) electrons. The maximum atomic E-state index is 14.0. The maximum Gasteiger partial charge on any atom is 0.421 e. The fourth-order valence-electron chi connectivity index (χ4n) is 5.43. The molecule has 2 aromatic rings. The van der Waals surface area contributed by atoms with Gasteiger partial charge in [0, 0.05) is 42.5 Å². The van der Waals surface area contributed by atoms with Crippen molar-refractivity contribution in [2.75, 3.05) is 57.6 Å². The van der Waals surface area contributed by atoms with Crippen molar-refractivity contribution in [3.63, 3.8) is 0 Å². The second-order valence-corrected chi connectivity index (χ2v) is 11.3. The van der Waals surface area contributed by atoms with Crippen LogP contribution in [0.25, 0.3) is 0 Å². The number of aromatic nitrogens is 2. The topological polar surface area (TPSA) is 153 Å². The number of nitrogens with one attached hydrogen (secondary N) is 4. The minimum absolute atomic E-state index is 0.0471. The number of rotatable bonds is 12. The van der Waals surface area contributed by atoms with Crippen LogP contribution in [-0.2, 0) is 11.0 Å². The lowest BCUT2D eigenvalue weighted by Crippen LogP contribution is -2.43. The zero-order valence-corrected chi connectivity index (χ0v) is 25.5. The average Bonchev–Trinajstić information content (AvgIpc) is 3.01. The first-order valence-corrected chi connectivity index (χ1v) is 15.1. The van der Waals surface area contributed by atoms with Gasteiger partial charge in [0.05, 0.1) is 25.9 Å². The van der Waals surface area contributed by atoms with Gasteiger partial charge in [0.2, 0.25) is 5.95 Å². The van der Waals surface area contributed by atoms with Crippen molar-refractivity contribution >= 4 is 35.5 Å². The molecule has 15 heteroatoms. The Hall–Kier alpha value is -3.82. The summed E-state index contributed by atoms with van der Waals surface area (Å²) in [5.74, 6) is -1.16.